The molecule has 0 aliphatic rings. The van der Waals surface area contributed by atoms with Crippen LogP contribution in [-0.4, -0.2) is 32.7 Å². The first-order valence-corrected chi connectivity index (χ1v) is 8.42. The quantitative estimate of drug-likeness (QED) is 0.719. The molecule has 2 aromatic carbocycles. The van der Waals surface area contributed by atoms with E-state index in [2.05, 4.69) is 27.7 Å². The Morgan fingerprint density at radius 1 is 1.04 bits per heavy atom. The summed E-state index contributed by atoms with van der Waals surface area (Å²) in [4.78, 5) is 13.3. The topological polar surface area (TPSA) is 72.7 Å². The Bertz CT molecular complexity index is 811. The molecule has 0 spiro atoms. The molecular formula is C19H21N5O. The van der Waals surface area contributed by atoms with Gasteiger partial charge in [-0.05, 0) is 29.2 Å². The molecule has 25 heavy (non-hydrogen) atoms. The van der Waals surface area contributed by atoms with E-state index in [-0.39, 0.29) is 12.5 Å². The normalized spacial score (nSPS) is 10.6. The Morgan fingerprint density at radius 2 is 1.80 bits per heavy atom. The van der Waals surface area contributed by atoms with Gasteiger partial charge in [0, 0.05) is 12.1 Å². The van der Waals surface area contributed by atoms with Crippen molar-refractivity contribution in [2.24, 2.45) is 0 Å². The first-order valence-electron chi connectivity index (χ1n) is 8.42. The number of aryl methyl sites for hydroxylation is 1. The molecule has 128 valence electrons. The molecule has 1 N–H and O–H groups in total. The van der Waals surface area contributed by atoms with Crippen LogP contribution >= 0.6 is 0 Å². The van der Waals surface area contributed by atoms with Crippen molar-refractivity contribution in [2.75, 3.05) is 6.54 Å². The second-order valence-electron chi connectivity index (χ2n) is 5.78. The van der Waals surface area contributed by atoms with Crippen molar-refractivity contribution >= 4 is 5.91 Å². The lowest BCUT2D eigenvalue weighted by Crippen LogP contribution is -2.30. The van der Waals surface area contributed by atoms with E-state index in [1.165, 1.54) is 15.9 Å². The molecule has 0 saturated heterocycles. The molecule has 0 unspecified atom stereocenters. The van der Waals surface area contributed by atoms with Crippen LogP contribution in [0.3, 0.4) is 0 Å². The van der Waals surface area contributed by atoms with Gasteiger partial charge in [-0.15, -0.1) is 10.2 Å². The van der Waals surface area contributed by atoms with Crippen LogP contribution in [0, 0.1) is 0 Å². The van der Waals surface area contributed by atoms with E-state index in [1.54, 1.807) is 0 Å². The Labute approximate surface area is 146 Å². The number of tetrazole rings is 1. The van der Waals surface area contributed by atoms with Gasteiger partial charge in [0.05, 0.1) is 0 Å². The summed E-state index contributed by atoms with van der Waals surface area (Å²) in [6.07, 6.45) is 1.79. The van der Waals surface area contributed by atoms with Gasteiger partial charge in [-0.2, -0.15) is 4.80 Å². The van der Waals surface area contributed by atoms with Gasteiger partial charge in [0.25, 0.3) is 0 Å². The second-order valence-corrected chi connectivity index (χ2v) is 5.78. The summed E-state index contributed by atoms with van der Waals surface area (Å²) in [5, 5.41) is 15.1. The summed E-state index contributed by atoms with van der Waals surface area (Å²) in [5.74, 6) is 0.404. The van der Waals surface area contributed by atoms with Crippen LogP contribution in [0.5, 0.6) is 0 Å². The van der Waals surface area contributed by atoms with Crippen LogP contribution in [0.2, 0.25) is 0 Å². The molecule has 0 radical (unpaired) electrons. The van der Waals surface area contributed by atoms with Gasteiger partial charge in [-0.25, -0.2) is 0 Å². The van der Waals surface area contributed by atoms with Crippen molar-refractivity contribution in [1.29, 1.82) is 0 Å². The highest BCUT2D eigenvalue weighted by Gasteiger charge is 2.09. The van der Waals surface area contributed by atoms with Gasteiger partial charge < -0.3 is 5.32 Å². The van der Waals surface area contributed by atoms with Crippen LogP contribution in [0.4, 0.5) is 0 Å². The zero-order chi connectivity index (χ0) is 17.5. The summed E-state index contributed by atoms with van der Waals surface area (Å²) in [6.45, 7) is 2.76. The maximum atomic E-state index is 12.0. The largest absolute Gasteiger partial charge is 0.354 e. The summed E-state index contributed by atoms with van der Waals surface area (Å²) in [5.41, 5.74) is 3.35. The van der Waals surface area contributed by atoms with Crippen molar-refractivity contribution in [2.45, 2.75) is 26.3 Å². The molecule has 0 fully saturated rings. The van der Waals surface area contributed by atoms with Gasteiger partial charge in [0.15, 0.2) is 0 Å². The molecule has 1 heterocycles. The van der Waals surface area contributed by atoms with Crippen LogP contribution in [0.1, 0.15) is 18.1 Å². The molecule has 3 rings (SSSR count). The van der Waals surface area contributed by atoms with Crippen LogP contribution in [0.15, 0.2) is 54.6 Å². The SMILES string of the molecule is CCc1ccc(-c2nnn(CC(=O)NCCc3ccccc3)n2)cc1. The molecule has 6 heteroatoms. The third-order valence-electron chi connectivity index (χ3n) is 3.94. The molecule has 0 aliphatic heterocycles. The number of amides is 1. The minimum atomic E-state index is -0.124. The highest BCUT2D eigenvalue weighted by atomic mass is 16.2. The highest BCUT2D eigenvalue weighted by Crippen LogP contribution is 2.14. The standard InChI is InChI=1S/C19H21N5O/c1-2-15-8-10-17(11-9-15)19-21-23-24(22-19)14-18(25)20-13-12-16-6-4-3-5-7-16/h3-11H,2,12-14H2,1H3,(H,20,25). The van der Waals surface area contributed by atoms with Crippen LogP contribution in [0.25, 0.3) is 11.4 Å². The summed E-state index contributed by atoms with van der Waals surface area (Å²) in [7, 11) is 0. The predicted molar refractivity (Wildman–Crippen MR) is 95.8 cm³/mol. The van der Waals surface area contributed by atoms with Gasteiger partial charge in [0.1, 0.15) is 6.54 Å². The van der Waals surface area contributed by atoms with E-state index in [0.29, 0.717) is 12.4 Å². The van der Waals surface area contributed by atoms with Gasteiger partial charge in [-0.1, -0.05) is 61.5 Å². The maximum Gasteiger partial charge on any atom is 0.243 e. The number of rotatable bonds is 7. The van der Waals surface area contributed by atoms with E-state index in [0.717, 1.165) is 18.4 Å². The van der Waals surface area contributed by atoms with Crippen molar-refractivity contribution in [3.05, 3.63) is 65.7 Å². The summed E-state index contributed by atoms with van der Waals surface area (Å²) < 4.78 is 0. The number of carbonyl (C=O) groups excluding carboxylic acids is 1. The molecular weight excluding hydrogens is 314 g/mol. The lowest BCUT2D eigenvalue weighted by molar-refractivity contribution is -0.122. The average Bonchev–Trinajstić information content (AvgIpc) is 3.11. The minimum absolute atomic E-state index is 0.0643. The van der Waals surface area contributed by atoms with Crippen molar-refractivity contribution < 1.29 is 4.79 Å². The third-order valence-corrected chi connectivity index (χ3v) is 3.94. The molecule has 0 atom stereocenters. The number of aromatic nitrogens is 4. The second kappa shape index (κ2) is 8.19. The first kappa shape index (κ1) is 16.8. The zero-order valence-corrected chi connectivity index (χ0v) is 14.2. The minimum Gasteiger partial charge on any atom is -0.354 e. The zero-order valence-electron chi connectivity index (χ0n) is 14.2. The van der Waals surface area contributed by atoms with E-state index in [9.17, 15) is 4.79 Å². The Hall–Kier alpha value is -3.02. The van der Waals surface area contributed by atoms with E-state index in [1.807, 2.05) is 54.6 Å². The van der Waals surface area contributed by atoms with Crippen molar-refractivity contribution in [3.63, 3.8) is 0 Å². The molecule has 1 aromatic heterocycles. The van der Waals surface area contributed by atoms with E-state index >= 15 is 0 Å². The molecule has 3 aromatic rings. The fourth-order valence-corrected chi connectivity index (χ4v) is 2.49. The third kappa shape index (κ3) is 4.73. The monoisotopic (exact) mass is 335 g/mol. The highest BCUT2D eigenvalue weighted by molar-refractivity contribution is 5.75. The first-order chi connectivity index (χ1) is 12.2. The number of hydrogen-bond donors (Lipinski definition) is 1. The number of nitrogens with one attached hydrogen (secondary N) is 1. The number of nitrogens with zero attached hydrogens (tertiary/aromatic N) is 4. The Balaban J connectivity index is 1.51. The summed E-state index contributed by atoms with van der Waals surface area (Å²) in [6, 6.07) is 18.1. The molecule has 6 nitrogen and oxygen atoms in total. The smallest absolute Gasteiger partial charge is 0.243 e. The molecule has 0 aliphatic carbocycles. The van der Waals surface area contributed by atoms with E-state index in [4.69, 9.17) is 0 Å². The molecule has 0 bridgehead atoms. The van der Waals surface area contributed by atoms with E-state index < -0.39 is 0 Å². The fraction of sp³-hybridized carbons (Fsp3) is 0.263. The lowest BCUT2D eigenvalue weighted by Gasteiger charge is -2.04. The Morgan fingerprint density at radius 3 is 2.52 bits per heavy atom. The molecule has 1 amide bonds. The Kier molecular flexibility index (Phi) is 5.51. The van der Waals surface area contributed by atoms with Crippen molar-refractivity contribution in [3.8, 4) is 11.4 Å². The van der Waals surface area contributed by atoms with Crippen molar-refractivity contribution in [1.82, 2.24) is 25.5 Å². The average molecular weight is 335 g/mol. The number of benzene rings is 2. The lowest BCUT2D eigenvalue weighted by atomic mass is 10.1. The maximum absolute atomic E-state index is 12.0. The predicted octanol–water partition coefficient (Wildman–Crippen LogP) is 2.26. The fourth-order valence-electron chi connectivity index (χ4n) is 2.49. The van der Waals surface area contributed by atoms with Crippen LogP contribution in [-0.2, 0) is 24.2 Å². The van der Waals surface area contributed by atoms with Crippen LogP contribution < -0.4 is 5.32 Å². The number of hydrogen-bond acceptors (Lipinski definition) is 4. The molecule has 0 saturated carbocycles. The van der Waals surface area contributed by atoms with Gasteiger partial charge >= 0.3 is 0 Å². The number of carbonyl (C=O) groups is 1. The van der Waals surface area contributed by atoms with Gasteiger partial charge in [0.2, 0.25) is 11.7 Å². The van der Waals surface area contributed by atoms with Gasteiger partial charge in [-0.3, -0.25) is 4.79 Å². The summed E-state index contributed by atoms with van der Waals surface area (Å²) >= 11 is 0.